The Bertz CT molecular complexity index is 294. The highest BCUT2D eigenvalue weighted by molar-refractivity contribution is 7.99. The largest absolute Gasteiger partial charge is 0.389 e. The SMILES string of the molecule is CC(C)CCSc1cccc([C@@H](C)O)c1. The second-order valence-electron chi connectivity index (χ2n) is 4.28. The van der Waals surface area contributed by atoms with E-state index >= 15 is 0 Å². The highest BCUT2D eigenvalue weighted by Gasteiger charge is 2.02. The molecule has 15 heavy (non-hydrogen) atoms. The van der Waals surface area contributed by atoms with Gasteiger partial charge in [0.1, 0.15) is 0 Å². The Balaban J connectivity index is 2.50. The average Bonchev–Trinajstić information content (AvgIpc) is 2.17. The van der Waals surface area contributed by atoms with Gasteiger partial charge in [0.15, 0.2) is 0 Å². The van der Waals surface area contributed by atoms with Gasteiger partial charge in [0.25, 0.3) is 0 Å². The molecule has 1 aromatic rings. The van der Waals surface area contributed by atoms with Crippen LogP contribution >= 0.6 is 11.8 Å². The second-order valence-corrected chi connectivity index (χ2v) is 5.45. The van der Waals surface area contributed by atoms with E-state index in [-0.39, 0.29) is 6.10 Å². The Kier molecular flexibility index (Phi) is 5.20. The molecule has 0 aromatic heterocycles. The topological polar surface area (TPSA) is 20.2 Å². The highest BCUT2D eigenvalue weighted by Crippen LogP contribution is 2.23. The van der Waals surface area contributed by atoms with Crippen LogP contribution in [-0.4, -0.2) is 10.9 Å². The van der Waals surface area contributed by atoms with Crippen molar-refractivity contribution in [3.63, 3.8) is 0 Å². The molecule has 84 valence electrons. The summed E-state index contributed by atoms with van der Waals surface area (Å²) in [6, 6.07) is 8.17. The normalized spacial score (nSPS) is 13.1. The van der Waals surface area contributed by atoms with E-state index in [9.17, 15) is 5.11 Å². The van der Waals surface area contributed by atoms with Crippen molar-refractivity contribution in [2.75, 3.05) is 5.75 Å². The first-order chi connectivity index (χ1) is 7.09. The minimum atomic E-state index is -0.365. The Labute approximate surface area is 96.9 Å². The number of thioether (sulfide) groups is 1. The summed E-state index contributed by atoms with van der Waals surface area (Å²) in [5, 5.41) is 9.45. The van der Waals surface area contributed by atoms with Crippen LogP contribution in [0.5, 0.6) is 0 Å². The molecule has 1 atom stereocenters. The summed E-state index contributed by atoms with van der Waals surface area (Å²) >= 11 is 1.87. The maximum absolute atomic E-state index is 9.45. The Hall–Kier alpha value is -0.470. The number of rotatable bonds is 5. The fourth-order valence-electron chi connectivity index (χ4n) is 1.28. The Morgan fingerprint density at radius 3 is 2.60 bits per heavy atom. The van der Waals surface area contributed by atoms with Crippen molar-refractivity contribution < 1.29 is 5.11 Å². The van der Waals surface area contributed by atoms with E-state index in [0.29, 0.717) is 0 Å². The molecule has 0 aliphatic heterocycles. The van der Waals surface area contributed by atoms with Gasteiger partial charge >= 0.3 is 0 Å². The summed E-state index contributed by atoms with van der Waals surface area (Å²) < 4.78 is 0. The molecule has 0 spiro atoms. The number of hydrogen-bond acceptors (Lipinski definition) is 2. The van der Waals surface area contributed by atoms with Gasteiger partial charge in [-0.05, 0) is 42.7 Å². The molecule has 2 heteroatoms. The van der Waals surface area contributed by atoms with E-state index in [1.165, 1.54) is 11.3 Å². The van der Waals surface area contributed by atoms with Crippen molar-refractivity contribution in [3.05, 3.63) is 29.8 Å². The second kappa shape index (κ2) is 6.19. The lowest BCUT2D eigenvalue weighted by molar-refractivity contribution is 0.199. The van der Waals surface area contributed by atoms with Crippen LogP contribution in [0.1, 0.15) is 38.9 Å². The number of aliphatic hydroxyl groups excluding tert-OH is 1. The summed E-state index contributed by atoms with van der Waals surface area (Å²) in [5.74, 6) is 1.92. The van der Waals surface area contributed by atoms with E-state index < -0.39 is 0 Å². The molecule has 0 amide bonds. The van der Waals surface area contributed by atoms with Gasteiger partial charge in [-0.2, -0.15) is 0 Å². The van der Waals surface area contributed by atoms with E-state index in [1.54, 1.807) is 6.92 Å². The number of benzene rings is 1. The Morgan fingerprint density at radius 1 is 1.27 bits per heavy atom. The molecule has 0 bridgehead atoms. The average molecular weight is 224 g/mol. The van der Waals surface area contributed by atoms with Crippen molar-refractivity contribution in [3.8, 4) is 0 Å². The molecule has 1 aromatic carbocycles. The summed E-state index contributed by atoms with van der Waals surface area (Å²) in [6.07, 6.45) is 0.875. The first-order valence-electron chi connectivity index (χ1n) is 5.50. The third kappa shape index (κ3) is 4.72. The molecular formula is C13H20OS. The predicted octanol–water partition coefficient (Wildman–Crippen LogP) is 3.88. The fraction of sp³-hybridized carbons (Fsp3) is 0.538. The van der Waals surface area contributed by atoms with Gasteiger partial charge < -0.3 is 5.11 Å². The van der Waals surface area contributed by atoms with Crippen LogP contribution in [0.25, 0.3) is 0 Å². The summed E-state index contributed by atoms with van der Waals surface area (Å²) in [6.45, 7) is 6.29. The fourth-order valence-corrected chi connectivity index (χ4v) is 2.50. The highest BCUT2D eigenvalue weighted by atomic mass is 32.2. The van der Waals surface area contributed by atoms with E-state index in [4.69, 9.17) is 0 Å². The molecule has 0 aliphatic carbocycles. The third-order valence-electron chi connectivity index (χ3n) is 2.30. The number of hydrogen-bond donors (Lipinski definition) is 1. The van der Waals surface area contributed by atoms with E-state index in [0.717, 1.165) is 17.2 Å². The summed E-state index contributed by atoms with van der Waals surface area (Å²) in [4.78, 5) is 1.26. The van der Waals surface area contributed by atoms with Crippen LogP contribution in [-0.2, 0) is 0 Å². The van der Waals surface area contributed by atoms with Crippen molar-refractivity contribution in [2.45, 2.75) is 38.2 Å². The molecule has 1 nitrogen and oxygen atoms in total. The monoisotopic (exact) mass is 224 g/mol. The van der Waals surface area contributed by atoms with Crippen molar-refractivity contribution in [1.82, 2.24) is 0 Å². The molecule has 0 saturated heterocycles. The van der Waals surface area contributed by atoms with Gasteiger partial charge in [0, 0.05) is 4.90 Å². The minimum absolute atomic E-state index is 0.365. The van der Waals surface area contributed by atoms with Crippen molar-refractivity contribution in [1.29, 1.82) is 0 Å². The molecule has 0 heterocycles. The quantitative estimate of drug-likeness (QED) is 0.766. The van der Waals surface area contributed by atoms with Gasteiger partial charge in [0.2, 0.25) is 0 Å². The van der Waals surface area contributed by atoms with Crippen LogP contribution < -0.4 is 0 Å². The maximum Gasteiger partial charge on any atom is 0.0762 e. The first kappa shape index (κ1) is 12.6. The molecular weight excluding hydrogens is 204 g/mol. The van der Waals surface area contributed by atoms with Gasteiger partial charge in [-0.15, -0.1) is 11.8 Å². The lowest BCUT2D eigenvalue weighted by Gasteiger charge is -2.08. The van der Waals surface area contributed by atoms with Gasteiger partial charge in [-0.3, -0.25) is 0 Å². The standard InChI is InChI=1S/C13H20OS/c1-10(2)7-8-15-13-6-4-5-12(9-13)11(3)14/h4-6,9-11,14H,7-8H2,1-3H3/t11-/m1/s1. The zero-order valence-corrected chi connectivity index (χ0v) is 10.6. The molecule has 0 radical (unpaired) electrons. The summed E-state index contributed by atoms with van der Waals surface area (Å²) in [5.41, 5.74) is 1.00. The molecule has 0 aliphatic rings. The molecule has 1 N–H and O–H groups in total. The smallest absolute Gasteiger partial charge is 0.0762 e. The molecule has 0 saturated carbocycles. The third-order valence-corrected chi connectivity index (χ3v) is 3.33. The summed E-state index contributed by atoms with van der Waals surface area (Å²) in [7, 11) is 0. The van der Waals surface area contributed by atoms with Crippen LogP contribution in [0.3, 0.4) is 0 Å². The van der Waals surface area contributed by atoms with E-state index in [1.807, 2.05) is 23.9 Å². The molecule has 0 fully saturated rings. The van der Waals surface area contributed by atoms with Gasteiger partial charge in [-0.25, -0.2) is 0 Å². The van der Waals surface area contributed by atoms with Crippen LogP contribution in [0.15, 0.2) is 29.2 Å². The minimum Gasteiger partial charge on any atom is -0.389 e. The van der Waals surface area contributed by atoms with Gasteiger partial charge in [0.05, 0.1) is 6.10 Å². The van der Waals surface area contributed by atoms with Gasteiger partial charge in [-0.1, -0.05) is 26.0 Å². The van der Waals surface area contributed by atoms with E-state index in [2.05, 4.69) is 26.0 Å². The Morgan fingerprint density at radius 2 is 2.00 bits per heavy atom. The zero-order valence-electron chi connectivity index (χ0n) is 9.73. The molecule has 0 unspecified atom stereocenters. The lowest BCUT2D eigenvalue weighted by atomic mass is 10.1. The number of aliphatic hydroxyl groups is 1. The molecule has 1 rings (SSSR count). The maximum atomic E-state index is 9.45. The first-order valence-corrected chi connectivity index (χ1v) is 6.49. The predicted molar refractivity (Wildman–Crippen MR) is 67.3 cm³/mol. The van der Waals surface area contributed by atoms with Crippen LogP contribution in [0.4, 0.5) is 0 Å². The van der Waals surface area contributed by atoms with Crippen molar-refractivity contribution >= 4 is 11.8 Å². The zero-order chi connectivity index (χ0) is 11.3. The lowest BCUT2D eigenvalue weighted by Crippen LogP contribution is -1.92. The van der Waals surface area contributed by atoms with Crippen LogP contribution in [0.2, 0.25) is 0 Å². The van der Waals surface area contributed by atoms with Crippen LogP contribution in [0, 0.1) is 5.92 Å². The van der Waals surface area contributed by atoms with Crippen molar-refractivity contribution in [2.24, 2.45) is 5.92 Å².